The van der Waals surface area contributed by atoms with Crippen LogP contribution in [-0.4, -0.2) is 16.9 Å². The first kappa shape index (κ1) is 16.0. The fraction of sp³-hybridized carbons (Fsp3) is 0.188. The molecule has 0 heterocycles. The van der Waals surface area contributed by atoms with Gasteiger partial charge in [0.05, 0.1) is 9.82 Å². The number of hydrogen-bond acceptors (Lipinski definition) is 4. The van der Waals surface area contributed by atoms with Crippen molar-refractivity contribution in [3.63, 3.8) is 0 Å². The highest BCUT2D eigenvalue weighted by molar-refractivity contribution is 9.10. The lowest BCUT2D eigenvalue weighted by atomic mass is 10.2. The van der Waals surface area contributed by atoms with E-state index < -0.39 is 4.92 Å². The van der Waals surface area contributed by atoms with Crippen LogP contribution in [0.3, 0.4) is 0 Å². The summed E-state index contributed by atoms with van der Waals surface area (Å²) in [5.74, 6) is -0.254. The Hall–Kier alpha value is -1.86. The number of halogens is 1. The maximum absolute atomic E-state index is 12.0. The smallest absolute Gasteiger partial charge is 0.284 e. The number of nitro groups is 1. The minimum Gasteiger partial charge on any atom is -0.349 e. The Bertz CT molecular complexity index is 760. The molecule has 0 unspecified atom stereocenters. The Kier molecular flexibility index (Phi) is 4.68. The number of benzene rings is 2. The Labute approximate surface area is 145 Å². The van der Waals surface area contributed by atoms with Crippen molar-refractivity contribution in [2.45, 2.75) is 28.7 Å². The lowest BCUT2D eigenvalue weighted by Gasteiger charge is -2.07. The van der Waals surface area contributed by atoms with Crippen LogP contribution in [0, 0.1) is 10.1 Å². The van der Waals surface area contributed by atoms with Crippen LogP contribution in [0.1, 0.15) is 23.2 Å². The number of nitrogens with zero attached hydrogens (tertiary/aromatic N) is 1. The van der Waals surface area contributed by atoms with E-state index >= 15 is 0 Å². The molecule has 1 saturated carbocycles. The summed E-state index contributed by atoms with van der Waals surface area (Å²) >= 11 is 4.66. The van der Waals surface area contributed by atoms with E-state index in [4.69, 9.17) is 0 Å². The van der Waals surface area contributed by atoms with Gasteiger partial charge in [0, 0.05) is 27.0 Å². The van der Waals surface area contributed by atoms with E-state index in [0.29, 0.717) is 10.5 Å². The van der Waals surface area contributed by atoms with E-state index in [9.17, 15) is 14.9 Å². The van der Waals surface area contributed by atoms with Gasteiger partial charge in [0.2, 0.25) is 0 Å². The maximum Gasteiger partial charge on any atom is 0.284 e. The highest BCUT2D eigenvalue weighted by Gasteiger charge is 2.25. The van der Waals surface area contributed by atoms with Gasteiger partial charge in [-0.3, -0.25) is 14.9 Å². The van der Waals surface area contributed by atoms with E-state index in [-0.39, 0.29) is 17.6 Å². The third kappa shape index (κ3) is 4.11. The van der Waals surface area contributed by atoms with Crippen LogP contribution >= 0.6 is 27.7 Å². The first-order valence-electron chi connectivity index (χ1n) is 7.05. The fourth-order valence-corrected chi connectivity index (χ4v) is 3.18. The van der Waals surface area contributed by atoms with Gasteiger partial charge in [-0.2, -0.15) is 0 Å². The molecule has 0 radical (unpaired) electrons. The molecule has 2 aromatic rings. The number of nitro benzene ring substituents is 1. The monoisotopic (exact) mass is 392 g/mol. The summed E-state index contributed by atoms with van der Waals surface area (Å²) in [5.41, 5.74) is 0.269. The summed E-state index contributed by atoms with van der Waals surface area (Å²) in [5, 5.41) is 14.2. The van der Waals surface area contributed by atoms with Crippen molar-refractivity contribution < 1.29 is 9.72 Å². The molecule has 1 amide bonds. The van der Waals surface area contributed by atoms with Gasteiger partial charge in [-0.15, -0.1) is 0 Å². The molecule has 118 valence electrons. The predicted molar refractivity (Wildman–Crippen MR) is 91.8 cm³/mol. The van der Waals surface area contributed by atoms with Crippen LogP contribution in [0.15, 0.2) is 56.7 Å². The molecule has 1 fully saturated rings. The first-order valence-corrected chi connectivity index (χ1v) is 8.66. The second-order valence-electron chi connectivity index (χ2n) is 5.24. The van der Waals surface area contributed by atoms with Crippen LogP contribution in [0.4, 0.5) is 5.69 Å². The van der Waals surface area contributed by atoms with Gasteiger partial charge in [0.1, 0.15) is 0 Å². The summed E-state index contributed by atoms with van der Waals surface area (Å²) in [4.78, 5) is 24.3. The van der Waals surface area contributed by atoms with Gasteiger partial charge in [0.15, 0.2) is 0 Å². The van der Waals surface area contributed by atoms with E-state index in [1.165, 1.54) is 17.8 Å². The molecule has 7 heteroatoms. The Morgan fingerprint density at radius 2 is 1.91 bits per heavy atom. The number of nitrogens with one attached hydrogen (secondary N) is 1. The van der Waals surface area contributed by atoms with Crippen molar-refractivity contribution in [1.29, 1.82) is 0 Å². The maximum atomic E-state index is 12.0. The van der Waals surface area contributed by atoms with Crippen molar-refractivity contribution in [1.82, 2.24) is 5.32 Å². The average molecular weight is 393 g/mol. The van der Waals surface area contributed by atoms with Crippen molar-refractivity contribution in [2.24, 2.45) is 0 Å². The number of amides is 1. The lowest BCUT2D eigenvalue weighted by Crippen LogP contribution is -2.25. The normalized spacial score (nSPS) is 13.6. The van der Waals surface area contributed by atoms with Crippen LogP contribution < -0.4 is 5.32 Å². The molecule has 3 rings (SSSR count). The van der Waals surface area contributed by atoms with Crippen LogP contribution in [0.25, 0.3) is 0 Å². The Morgan fingerprint density at radius 3 is 2.52 bits per heavy atom. The zero-order valence-electron chi connectivity index (χ0n) is 12.0. The molecule has 23 heavy (non-hydrogen) atoms. The molecule has 5 nitrogen and oxygen atoms in total. The molecule has 2 aromatic carbocycles. The summed E-state index contributed by atoms with van der Waals surface area (Å²) in [7, 11) is 0. The number of hydrogen-bond donors (Lipinski definition) is 1. The van der Waals surface area contributed by atoms with Gasteiger partial charge < -0.3 is 5.32 Å². The van der Waals surface area contributed by atoms with Crippen molar-refractivity contribution in [3.8, 4) is 0 Å². The number of carbonyl (C=O) groups is 1. The van der Waals surface area contributed by atoms with Crippen LogP contribution in [0.2, 0.25) is 0 Å². The molecule has 0 saturated heterocycles. The zero-order chi connectivity index (χ0) is 16.4. The quantitative estimate of drug-likeness (QED) is 0.604. The van der Waals surface area contributed by atoms with Gasteiger partial charge in [-0.05, 0) is 49.2 Å². The van der Waals surface area contributed by atoms with Gasteiger partial charge >= 0.3 is 0 Å². The molecule has 0 aromatic heterocycles. The van der Waals surface area contributed by atoms with Gasteiger partial charge in [0.25, 0.3) is 11.6 Å². The van der Waals surface area contributed by atoms with Gasteiger partial charge in [-0.1, -0.05) is 27.7 Å². The molecule has 0 aliphatic heterocycles. The van der Waals surface area contributed by atoms with E-state index in [1.807, 2.05) is 24.3 Å². The molecule has 0 spiro atoms. The molecule has 0 atom stereocenters. The fourth-order valence-electron chi connectivity index (χ4n) is 2.01. The van der Waals surface area contributed by atoms with Gasteiger partial charge in [-0.25, -0.2) is 0 Å². The third-order valence-corrected chi connectivity index (χ3v) is 4.97. The second kappa shape index (κ2) is 6.72. The Balaban J connectivity index is 1.85. The minimum absolute atomic E-state index is 0.0543. The molecular weight excluding hydrogens is 380 g/mol. The van der Waals surface area contributed by atoms with Crippen LogP contribution in [0.5, 0.6) is 0 Å². The standard InChI is InChI=1S/C16H13BrN2O3S/c17-11-2-6-13(7-3-11)23-15-8-1-10(9-14(15)19(21)22)16(20)18-12-4-5-12/h1-3,6-9,12H,4-5H2,(H,18,20). The van der Waals surface area contributed by atoms with Crippen LogP contribution in [-0.2, 0) is 0 Å². The largest absolute Gasteiger partial charge is 0.349 e. The van der Waals surface area contributed by atoms with Crippen molar-refractivity contribution in [3.05, 3.63) is 62.6 Å². The third-order valence-electron chi connectivity index (χ3n) is 3.37. The minimum atomic E-state index is -0.449. The topological polar surface area (TPSA) is 72.2 Å². The predicted octanol–water partition coefficient (Wildman–Crippen LogP) is 4.40. The lowest BCUT2D eigenvalue weighted by molar-refractivity contribution is -0.387. The summed E-state index contributed by atoms with van der Waals surface area (Å²) in [6.07, 6.45) is 1.96. The van der Waals surface area contributed by atoms with Crippen molar-refractivity contribution >= 4 is 39.3 Å². The first-order chi connectivity index (χ1) is 11.0. The van der Waals surface area contributed by atoms with E-state index in [1.54, 1.807) is 12.1 Å². The summed E-state index contributed by atoms with van der Waals surface area (Å²) in [6.45, 7) is 0. The highest BCUT2D eigenvalue weighted by Crippen LogP contribution is 2.36. The Morgan fingerprint density at radius 1 is 1.22 bits per heavy atom. The van der Waals surface area contributed by atoms with E-state index in [0.717, 1.165) is 22.2 Å². The highest BCUT2D eigenvalue weighted by atomic mass is 79.9. The average Bonchev–Trinajstić information content (AvgIpc) is 3.33. The zero-order valence-corrected chi connectivity index (χ0v) is 14.4. The SMILES string of the molecule is O=C(NC1CC1)c1ccc(Sc2ccc(Br)cc2)c([N+](=O)[O-])c1. The molecule has 1 aliphatic carbocycles. The second-order valence-corrected chi connectivity index (χ2v) is 7.27. The number of carbonyl (C=O) groups excluding carboxylic acids is 1. The molecule has 1 aliphatic rings. The van der Waals surface area contributed by atoms with Crippen molar-refractivity contribution in [2.75, 3.05) is 0 Å². The summed E-state index contributed by atoms with van der Waals surface area (Å²) in [6, 6.07) is 12.4. The molecule has 1 N–H and O–H groups in total. The summed E-state index contributed by atoms with van der Waals surface area (Å²) < 4.78 is 0.948. The van der Waals surface area contributed by atoms with E-state index in [2.05, 4.69) is 21.2 Å². The molecule has 0 bridgehead atoms. The number of rotatable bonds is 5. The molecular formula is C16H13BrN2O3S.